The summed E-state index contributed by atoms with van der Waals surface area (Å²) in [6.07, 6.45) is 0. The van der Waals surface area contributed by atoms with Crippen LogP contribution in [0.2, 0.25) is 0 Å². The Hall–Kier alpha value is -2.91. The van der Waals surface area contributed by atoms with Gasteiger partial charge >= 0.3 is 0 Å². The first-order chi connectivity index (χ1) is 14.4. The number of fused-ring (bicyclic) bond motifs is 1. The van der Waals surface area contributed by atoms with Gasteiger partial charge in [0.25, 0.3) is 15.9 Å². The normalized spacial score (nSPS) is 18.4. The van der Waals surface area contributed by atoms with Gasteiger partial charge in [0, 0.05) is 38.4 Å². The minimum Gasteiger partial charge on any atom is -0.369 e. The number of hydrogen-bond acceptors (Lipinski definition) is 6. The second kappa shape index (κ2) is 8.08. The van der Waals surface area contributed by atoms with Crippen molar-refractivity contribution >= 4 is 27.5 Å². The summed E-state index contributed by atoms with van der Waals surface area (Å²) in [4.78, 5) is 29.3. The lowest BCUT2D eigenvalue weighted by Crippen LogP contribution is -2.44. The van der Waals surface area contributed by atoms with Gasteiger partial charge in [-0.2, -0.15) is 0 Å². The molecule has 0 aromatic heterocycles. The Balaban J connectivity index is 1.34. The third-order valence-corrected chi connectivity index (χ3v) is 7.28. The number of carbonyl (C=O) groups is 2. The van der Waals surface area contributed by atoms with Crippen molar-refractivity contribution in [3.63, 3.8) is 0 Å². The van der Waals surface area contributed by atoms with E-state index in [0.717, 1.165) is 37.4 Å². The number of anilines is 1. The van der Waals surface area contributed by atoms with Gasteiger partial charge in [0.05, 0.1) is 5.56 Å². The third kappa shape index (κ3) is 3.90. The number of hydrogen-bond donors (Lipinski definition) is 1. The van der Waals surface area contributed by atoms with E-state index in [1.807, 2.05) is 24.3 Å². The largest absolute Gasteiger partial charge is 0.369 e. The number of sulfonamides is 1. The molecule has 2 heterocycles. The Morgan fingerprint density at radius 1 is 1.00 bits per heavy atom. The van der Waals surface area contributed by atoms with Gasteiger partial charge in [-0.25, -0.2) is 12.7 Å². The summed E-state index contributed by atoms with van der Waals surface area (Å²) in [6.45, 7) is 3.74. The smallest absolute Gasteiger partial charge is 0.269 e. The van der Waals surface area contributed by atoms with Crippen LogP contribution < -0.4 is 10.2 Å². The molecule has 2 amide bonds. The monoisotopic (exact) mass is 428 g/mol. The van der Waals surface area contributed by atoms with Gasteiger partial charge in [-0.1, -0.05) is 24.3 Å². The SMILES string of the molecule is CN1CCN(c2ccc(CNC(=O)CN3C(=O)c4ccccc4S3(=O)=O)cc2)CC1. The number of nitrogens with zero attached hydrogens (tertiary/aromatic N) is 3. The Kier molecular flexibility index (Phi) is 5.48. The Morgan fingerprint density at radius 3 is 2.33 bits per heavy atom. The first-order valence-corrected chi connectivity index (χ1v) is 11.3. The molecule has 0 unspecified atom stereocenters. The molecule has 0 saturated carbocycles. The van der Waals surface area contributed by atoms with Crippen LogP contribution in [0, 0.1) is 0 Å². The van der Waals surface area contributed by atoms with Gasteiger partial charge in [0.15, 0.2) is 0 Å². The number of carbonyl (C=O) groups excluding carboxylic acids is 2. The average molecular weight is 429 g/mol. The number of piperazine rings is 1. The van der Waals surface area contributed by atoms with E-state index in [4.69, 9.17) is 0 Å². The molecule has 0 aliphatic carbocycles. The van der Waals surface area contributed by atoms with Gasteiger partial charge in [-0.3, -0.25) is 9.59 Å². The summed E-state index contributed by atoms with van der Waals surface area (Å²) in [7, 11) is -1.87. The maximum atomic E-state index is 12.5. The fraction of sp³-hybridized carbons (Fsp3) is 0.333. The standard InChI is InChI=1S/C21H24N4O4S/c1-23-10-12-24(13-11-23)17-8-6-16(7-9-17)14-22-20(26)15-25-21(27)18-4-2-3-5-19(18)30(25,28)29/h2-9H,10-15H2,1H3,(H,22,26). The fourth-order valence-electron chi connectivity index (χ4n) is 3.66. The van der Waals surface area contributed by atoms with E-state index < -0.39 is 28.4 Å². The summed E-state index contributed by atoms with van der Waals surface area (Å²) >= 11 is 0. The Bertz CT molecular complexity index is 1060. The van der Waals surface area contributed by atoms with Crippen LogP contribution in [0.5, 0.6) is 0 Å². The molecule has 30 heavy (non-hydrogen) atoms. The molecular weight excluding hydrogens is 404 g/mol. The predicted molar refractivity (Wildman–Crippen MR) is 113 cm³/mol. The molecule has 0 atom stereocenters. The Morgan fingerprint density at radius 2 is 1.67 bits per heavy atom. The van der Waals surface area contributed by atoms with E-state index in [-0.39, 0.29) is 17.0 Å². The molecule has 0 radical (unpaired) electrons. The molecule has 4 rings (SSSR count). The summed E-state index contributed by atoms with van der Waals surface area (Å²) in [5.41, 5.74) is 2.15. The number of likely N-dealkylation sites (N-methyl/N-ethyl adjacent to an activating group) is 1. The molecule has 2 aromatic rings. The number of rotatable bonds is 5. The zero-order valence-electron chi connectivity index (χ0n) is 16.7. The van der Waals surface area contributed by atoms with Crippen LogP contribution in [0.3, 0.4) is 0 Å². The van der Waals surface area contributed by atoms with E-state index in [9.17, 15) is 18.0 Å². The highest BCUT2D eigenvalue weighted by Crippen LogP contribution is 2.29. The first-order valence-electron chi connectivity index (χ1n) is 9.81. The van der Waals surface area contributed by atoms with Crippen LogP contribution in [-0.4, -0.2) is 69.2 Å². The minimum absolute atomic E-state index is 0.0534. The highest BCUT2D eigenvalue weighted by Gasteiger charge is 2.41. The zero-order chi connectivity index (χ0) is 21.3. The van der Waals surface area contributed by atoms with Crippen molar-refractivity contribution in [2.24, 2.45) is 0 Å². The number of amides is 2. The lowest BCUT2D eigenvalue weighted by molar-refractivity contribution is -0.121. The van der Waals surface area contributed by atoms with Crippen LogP contribution in [0.1, 0.15) is 15.9 Å². The van der Waals surface area contributed by atoms with E-state index >= 15 is 0 Å². The second-order valence-corrected chi connectivity index (χ2v) is 9.38. The second-order valence-electron chi connectivity index (χ2n) is 7.55. The van der Waals surface area contributed by atoms with Crippen molar-refractivity contribution < 1.29 is 18.0 Å². The molecule has 2 aliphatic heterocycles. The highest BCUT2D eigenvalue weighted by molar-refractivity contribution is 7.90. The molecule has 0 bridgehead atoms. The maximum Gasteiger partial charge on any atom is 0.269 e. The molecule has 158 valence electrons. The van der Waals surface area contributed by atoms with Crippen molar-refractivity contribution in [2.45, 2.75) is 11.4 Å². The van der Waals surface area contributed by atoms with Crippen molar-refractivity contribution in [2.75, 3.05) is 44.7 Å². The molecule has 9 heteroatoms. The van der Waals surface area contributed by atoms with Gasteiger partial charge < -0.3 is 15.1 Å². The number of benzene rings is 2. The number of nitrogens with one attached hydrogen (secondary N) is 1. The summed E-state index contributed by atoms with van der Waals surface area (Å²) in [5.74, 6) is -1.19. The van der Waals surface area contributed by atoms with Gasteiger partial charge in [-0.05, 0) is 36.9 Å². The molecule has 1 N–H and O–H groups in total. The summed E-state index contributed by atoms with van der Waals surface area (Å²) in [5, 5.41) is 2.70. The molecule has 2 aromatic carbocycles. The van der Waals surface area contributed by atoms with Crippen molar-refractivity contribution in [1.29, 1.82) is 0 Å². The van der Waals surface area contributed by atoms with E-state index in [1.165, 1.54) is 12.1 Å². The fourth-order valence-corrected chi connectivity index (χ4v) is 5.19. The maximum absolute atomic E-state index is 12.5. The Labute approximate surface area is 176 Å². The minimum atomic E-state index is -3.98. The quantitative estimate of drug-likeness (QED) is 0.761. The third-order valence-electron chi connectivity index (χ3n) is 5.49. The van der Waals surface area contributed by atoms with Crippen molar-refractivity contribution in [3.05, 3.63) is 59.7 Å². The summed E-state index contributed by atoms with van der Waals surface area (Å²) in [6, 6.07) is 13.9. The molecule has 8 nitrogen and oxygen atoms in total. The molecule has 2 aliphatic rings. The van der Waals surface area contributed by atoms with Gasteiger partial charge in [0.1, 0.15) is 11.4 Å². The van der Waals surface area contributed by atoms with Crippen molar-refractivity contribution in [1.82, 2.24) is 14.5 Å². The molecular formula is C21H24N4O4S. The van der Waals surface area contributed by atoms with Crippen LogP contribution in [-0.2, 0) is 21.4 Å². The van der Waals surface area contributed by atoms with Crippen LogP contribution in [0.15, 0.2) is 53.4 Å². The van der Waals surface area contributed by atoms with E-state index in [2.05, 4.69) is 22.2 Å². The highest BCUT2D eigenvalue weighted by atomic mass is 32.2. The van der Waals surface area contributed by atoms with Gasteiger partial charge in [-0.15, -0.1) is 0 Å². The van der Waals surface area contributed by atoms with E-state index in [0.29, 0.717) is 4.31 Å². The van der Waals surface area contributed by atoms with E-state index in [1.54, 1.807) is 12.1 Å². The average Bonchev–Trinajstić information content (AvgIpc) is 2.94. The predicted octanol–water partition coefficient (Wildman–Crippen LogP) is 0.899. The first kappa shape index (κ1) is 20.4. The van der Waals surface area contributed by atoms with Crippen LogP contribution >= 0.6 is 0 Å². The van der Waals surface area contributed by atoms with Crippen LogP contribution in [0.4, 0.5) is 5.69 Å². The molecule has 1 fully saturated rings. The summed E-state index contributed by atoms with van der Waals surface area (Å²) < 4.78 is 25.7. The molecule has 0 spiro atoms. The topological polar surface area (TPSA) is 90.0 Å². The lowest BCUT2D eigenvalue weighted by Gasteiger charge is -2.34. The molecule has 1 saturated heterocycles. The lowest BCUT2D eigenvalue weighted by atomic mass is 10.1. The zero-order valence-corrected chi connectivity index (χ0v) is 17.6. The van der Waals surface area contributed by atoms with Crippen molar-refractivity contribution in [3.8, 4) is 0 Å². The van der Waals surface area contributed by atoms with Gasteiger partial charge in [0.2, 0.25) is 5.91 Å². The van der Waals surface area contributed by atoms with Crippen LogP contribution in [0.25, 0.3) is 0 Å².